The second-order valence-corrected chi connectivity index (χ2v) is 7.89. The summed E-state index contributed by atoms with van der Waals surface area (Å²) in [6.45, 7) is 5.04. The fourth-order valence-electron chi connectivity index (χ4n) is 1.72. The Labute approximate surface area is 129 Å². The molecule has 0 fully saturated rings. The van der Waals surface area contributed by atoms with Crippen LogP contribution in [0.3, 0.4) is 0 Å². The lowest BCUT2D eigenvalue weighted by Crippen LogP contribution is -2.23. The van der Waals surface area contributed by atoms with E-state index in [4.69, 9.17) is 0 Å². The molecule has 0 atom stereocenters. The summed E-state index contributed by atoms with van der Waals surface area (Å²) in [7, 11) is -1.67. The van der Waals surface area contributed by atoms with E-state index >= 15 is 0 Å². The molecule has 0 aliphatic carbocycles. The van der Waals surface area contributed by atoms with Crippen molar-refractivity contribution in [2.75, 3.05) is 0 Å². The summed E-state index contributed by atoms with van der Waals surface area (Å²) in [4.78, 5) is 1.32. The molecule has 2 aromatic heterocycles. The normalized spacial score (nSPS) is 12.2. The first kappa shape index (κ1) is 16.2. The van der Waals surface area contributed by atoms with Crippen molar-refractivity contribution in [3.05, 3.63) is 34.3 Å². The van der Waals surface area contributed by atoms with Crippen molar-refractivity contribution < 1.29 is 8.42 Å². The van der Waals surface area contributed by atoms with Crippen LogP contribution in [-0.4, -0.2) is 24.2 Å². The second kappa shape index (κ2) is 6.69. The van der Waals surface area contributed by atoms with Gasteiger partial charge in [-0.25, -0.2) is 13.1 Å². The molecule has 0 amide bonds. The van der Waals surface area contributed by atoms with Crippen LogP contribution in [-0.2, 0) is 30.2 Å². The molecule has 0 aliphatic rings. The average Bonchev–Trinajstić information content (AvgIpc) is 3.03. The van der Waals surface area contributed by atoms with Gasteiger partial charge in [0.15, 0.2) is 0 Å². The van der Waals surface area contributed by atoms with E-state index in [2.05, 4.69) is 29.0 Å². The zero-order valence-electron chi connectivity index (χ0n) is 12.3. The van der Waals surface area contributed by atoms with Gasteiger partial charge in [0.1, 0.15) is 0 Å². The van der Waals surface area contributed by atoms with Crippen LogP contribution in [0.5, 0.6) is 0 Å². The standard InChI is InChI=1S/C13H20N4O2S2/c1-10(2)14-7-12-4-13(9-20-12)21(18,19)16-6-11-5-15-17(3)8-11/h4-5,8-10,14,16H,6-7H2,1-3H3. The minimum absolute atomic E-state index is 0.242. The molecule has 0 aliphatic heterocycles. The van der Waals surface area contributed by atoms with Crippen LogP contribution in [0, 0.1) is 0 Å². The van der Waals surface area contributed by atoms with Crippen molar-refractivity contribution in [1.82, 2.24) is 19.8 Å². The predicted octanol–water partition coefficient (Wildman–Crippen LogP) is 1.46. The molecule has 0 radical (unpaired) electrons. The number of thiophene rings is 1. The lowest BCUT2D eigenvalue weighted by atomic mass is 10.4. The monoisotopic (exact) mass is 328 g/mol. The largest absolute Gasteiger partial charge is 0.310 e. The van der Waals surface area contributed by atoms with Crippen LogP contribution in [0.2, 0.25) is 0 Å². The maximum absolute atomic E-state index is 12.2. The summed E-state index contributed by atoms with van der Waals surface area (Å²) in [5, 5.41) is 8.95. The van der Waals surface area contributed by atoms with Crippen LogP contribution in [0.25, 0.3) is 0 Å². The average molecular weight is 328 g/mol. The summed E-state index contributed by atoms with van der Waals surface area (Å²) in [5.41, 5.74) is 0.831. The molecule has 2 N–H and O–H groups in total. The third-order valence-corrected chi connectivity index (χ3v) is 5.32. The Hall–Kier alpha value is -1.22. The molecule has 2 rings (SSSR count). The summed E-state index contributed by atoms with van der Waals surface area (Å²) in [5.74, 6) is 0. The number of hydrogen-bond donors (Lipinski definition) is 2. The number of hydrogen-bond acceptors (Lipinski definition) is 5. The molecule has 0 unspecified atom stereocenters. The number of aromatic nitrogens is 2. The summed E-state index contributed by atoms with van der Waals surface area (Å²) < 4.78 is 28.7. The summed E-state index contributed by atoms with van der Waals surface area (Å²) in [6, 6.07) is 2.09. The molecule has 8 heteroatoms. The van der Waals surface area contributed by atoms with Gasteiger partial charge in [-0.05, 0) is 6.07 Å². The molecule has 0 saturated heterocycles. The number of nitrogens with one attached hydrogen (secondary N) is 2. The molecule has 2 aromatic rings. The second-order valence-electron chi connectivity index (χ2n) is 5.13. The van der Waals surface area contributed by atoms with Crippen LogP contribution in [0.1, 0.15) is 24.3 Å². The van der Waals surface area contributed by atoms with Crippen LogP contribution >= 0.6 is 11.3 Å². The number of rotatable bonds is 7. The van der Waals surface area contributed by atoms with E-state index in [1.807, 2.05) is 0 Å². The highest BCUT2D eigenvalue weighted by molar-refractivity contribution is 7.89. The van der Waals surface area contributed by atoms with Crippen molar-refractivity contribution >= 4 is 21.4 Å². The smallest absolute Gasteiger partial charge is 0.241 e. The minimum atomic E-state index is -3.47. The Balaban J connectivity index is 1.99. The topological polar surface area (TPSA) is 76.0 Å². The van der Waals surface area contributed by atoms with Crippen molar-refractivity contribution in [3.63, 3.8) is 0 Å². The van der Waals surface area contributed by atoms with Gasteiger partial charge < -0.3 is 5.32 Å². The van der Waals surface area contributed by atoms with Gasteiger partial charge in [-0.3, -0.25) is 4.68 Å². The first-order chi connectivity index (χ1) is 9.87. The Bertz CT molecular complexity index is 689. The van der Waals surface area contributed by atoms with Crippen LogP contribution in [0.15, 0.2) is 28.7 Å². The van der Waals surface area contributed by atoms with Gasteiger partial charge in [-0.2, -0.15) is 5.10 Å². The molecule has 21 heavy (non-hydrogen) atoms. The number of aryl methyl sites for hydroxylation is 1. The van der Waals surface area contributed by atoms with Gasteiger partial charge in [0.2, 0.25) is 10.0 Å². The molecule has 0 saturated carbocycles. The SMILES string of the molecule is CC(C)NCc1cc(S(=O)(=O)NCc2cnn(C)c2)cs1. The minimum Gasteiger partial charge on any atom is -0.310 e. The van der Waals surface area contributed by atoms with Crippen molar-refractivity contribution in [2.45, 2.75) is 37.9 Å². The van der Waals surface area contributed by atoms with E-state index in [-0.39, 0.29) is 6.54 Å². The van der Waals surface area contributed by atoms with Gasteiger partial charge in [0.25, 0.3) is 0 Å². The predicted molar refractivity (Wildman–Crippen MR) is 83.5 cm³/mol. The Morgan fingerprint density at radius 1 is 1.38 bits per heavy atom. The van der Waals surface area contributed by atoms with E-state index in [1.165, 1.54) is 11.3 Å². The molecule has 0 spiro atoms. The molecule has 2 heterocycles. The maximum Gasteiger partial charge on any atom is 0.241 e. The third-order valence-electron chi connectivity index (χ3n) is 2.85. The van der Waals surface area contributed by atoms with Crippen molar-refractivity contribution in [1.29, 1.82) is 0 Å². The molecule has 116 valence electrons. The zero-order valence-corrected chi connectivity index (χ0v) is 14.0. The van der Waals surface area contributed by atoms with E-state index in [1.54, 1.807) is 35.6 Å². The molecular weight excluding hydrogens is 308 g/mol. The Kier molecular flexibility index (Phi) is 5.15. The Morgan fingerprint density at radius 3 is 2.76 bits per heavy atom. The Morgan fingerprint density at radius 2 is 2.14 bits per heavy atom. The summed E-state index contributed by atoms with van der Waals surface area (Å²) in [6.07, 6.45) is 3.43. The molecular formula is C13H20N4O2S2. The summed E-state index contributed by atoms with van der Waals surface area (Å²) >= 11 is 1.45. The van der Waals surface area contributed by atoms with E-state index in [0.717, 1.165) is 10.4 Å². The quantitative estimate of drug-likeness (QED) is 0.807. The fraction of sp³-hybridized carbons (Fsp3) is 0.462. The lowest BCUT2D eigenvalue weighted by molar-refractivity contribution is 0.580. The van der Waals surface area contributed by atoms with Crippen molar-refractivity contribution in [3.8, 4) is 0 Å². The van der Waals surface area contributed by atoms with Crippen LogP contribution in [0.4, 0.5) is 0 Å². The first-order valence-corrected chi connectivity index (χ1v) is 9.01. The van der Waals surface area contributed by atoms with Gasteiger partial charge in [0, 0.05) is 48.2 Å². The van der Waals surface area contributed by atoms with E-state index in [0.29, 0.717) is 17.5 Å². The number of sulfonamides is 1. The number of nitrogens with zero attached hydrogens (tertiary/aromatic N) is 2. The highest BCUT2D eigenvalue weighted by atomic mass is 32.2. The lowest BCUT2D eigenvalue weighted by Gasteiger charge is -2.05. The van der Waals surface area contributed by atoms with Gasteiger partial charge >= 0.3 is 0 Å². The maximum atomic E-state index is 12.2. The first-order valence-electron chi connectivity index (χ1n) is 6.65. The molecule has 0 aromatic carbocycles. The highest BCUT2D eigenvalue weighted by Crippen LogP contribution is 2.19. The molecule has 6 nitrogen and oxygen atoms in total. The van der Waals surface area contributed by atoms with Gasteiger partial charge in [0.05, 0.1) is 11.1 Å². The van der Waals surface area contributed by atoms with E-state index in [9.17, 15) is 8.42 Å². The van der Waals surface area contributed by atoms with Crippen molar-refractivity contribution in [2.24, 2.45) is 7.05 Å². The highest BCUT2D eigenvalue weighted by Gasteiger charge is 2.16. The van der Waals surface area contributed by atoms with Gasteiger partial charge in [-0.1, -0.05) is 13.8 Å². The third kappa shape index (κ3) is 4.63. The van der Waals surface area contributed by atoms with E-state index < -0.39 is 10.0 Å². The van der Waals surface area contributed by atoms with Crippen LogP contribution < -0.4 is 10.0 Å². The zero-order chi connectivity index (χ0) is 15.5. The van der Waals surface area contributed by atoms with Gasteiger partial charge in [-0.15, -0.1) is 11.3 Å². The fourth-order valence-corrected chi connectivity index (χ4v) is 3.97. The molecule has 0 bridgehead atoms.